The summed E-state index contributed by atoms with van der Waals surface area (Å²) in [6.07, 6.45) is 0.294. The molecule has 26 heavy (non-hydrogen) atoms. The van der Waals surface area contributed by atoms with E-state index < -0.39 is 0 Å². The minimum atomic E-state index is 0.0132. The summed E-state index contributed by atoms with van der Waals surface area (Å²) < 4.78 is 10.6. The number of benzene rings is 1. The van der Waals surface area contributed by atoms with Gasteiger partial charge >= 0.3 is 0 Å². The summed E-state index contributed by atoms with van der Waals surface area (Å²) >= 11 is 0. The lowest BCUT2D eigenvalue weighted by molar-refractivity contribution is -0.120. The van der Waals surface area contributed by atoms with Crippen molar-refractivity contribution in [2.75, 3.05) is 60.0 Å². The van der Waals surface area contributed by atoms with Crippen LogP contribution in [-0.4, -0.2) is 75.7 Å². The molecule has 0 aliphatic carbocycles. The number of nitrogens with zero attached hydrogens (tertiary/aromatic N) is 2. The molecule has 1 unspecified atom stereocenters. The van der Waals surface area contributed by atoms with E-state index in [0.29, 0.717) is 24.6 Å². The highest BCUT2D eigenvalue weighted by molar-refractivity contribution is 5.79. The van der Waals surface area contributed by atoms with E-state index in [1.54, 1.807) is 14.2 Å². The average Bonchev–Trinajstić information content (AvgIpc) is 2.67. The van der Waals surface area contributed by atoms with Crippen LogP contribution < -0.4 is 14.8 Å². The van der Waals surface area contributed by atoms with Crippen LogP contribution in [-0.2, 0) is 11.2 Å². The topological polar surface area (TPSA) is 54.0 Å². The van der Waals surface area contributed by atoms with Crippen molar-refractivity contribution in [3.63, 3.8) is 0 Å². The third-order valence-corrected chi connectivity index (χ3v) is 4.97. The summed E-state index contributed by atoms with van der Waals surface area (Å²) in [5.41, 5.74) is 0.840. The molecule has 1 aromatic rings. The first-order valence-corrected chi connectivity index (χ1v) is 9.48. The smallest absolute Gasteiger partial charge is 0.224 e. The van der Waals surface area contributed by atoms with Crippen molar-refractivity contribution in [1.82, 2.24) is 15.1 Å². The molecule has 0 radical (unpaired) electrons. The molecular formula is C20H33N3O3. The Kier molecular flexibility index (Phi) is 8.19. The molecule has 1 saturated heterocycles. The molecule has 6 heteroatoms. The van der Waals surface area contributed by atoms with Gasteiger partial charge < -0.3 is 24.6 Å². The molecule has 1 aliphatic rings. The second-order valence-corrected chi connectivity index (χ2v) is 7.00. The lowest BCUT2D eigenvalue weighted by Gasteiger charge is -2.35. The molecule has 1 aliphatic heterocycles. The van der Waals surface area contributed by atoms with Gasteiger partial charge in [-0.25, -0.2) is 0 Å². The molecular weight excluding hydrogens is 330 g/mol. The van der Waals surface area contributed by atoms with Gasteiger partial charge in [0.15, 0.2) is 0 Å². The number of carbonyl (C=O) groups is 1. The Morgan fingerprint density at radius 2 is 1.85 bits per heavy atom. The fourth-order valence-electron chi connectivity index (χ4n) is 3.34. The average molecular weight is 364 g/mol. The summed E-state index contributed by atoms with van der Waals surface area (Å²) in [5.74, 6) is 1.88. The molecule has 1 heterocycles. The Morgan fingerprint density at radius 3 is 2.46 bits per heavy atom. The number of hydrogen-bond donors (Lipinski definition) is 1. The molecule has 1 fully saturated rings. The molecule has 0 bridgehead atoms. The van der Waals surface area contributed by atoms with Crippen LogP contribution in [0.15, 0.2) is 18.2 Å². The molecule has 1 aromatic carbocycles. The maximum absolute atomic E-state index is 12.3. The minimum Gasteiger partial charge on any atom is -0.497 e. The summed E-state index contributed by atoms with van der Waals surface area (Å²) in [6.45, 7) is 11.8. The molecule has 0 aromatic heterocycles. The zero-order valence-electron chi connectivity index (χ0n) is 16.6. The first-order chi connectivity index (χ1) is 12.5. The van der Waals surface area contributed by atoms with Gasteiger partial charge in [0.2, 0.25) is 5.91 Å². The number of hydrogen-bond acceptors (Lipinski definition) is 5. The Balaban J connectivity index is 1.76. The first-order valence-electron chi connectivity index (χ1n) is 9.48. The number of piperazine rings is 1. The number of amides is 1. The number of likely N-dealkylation sites (N-methyl/N-ethyl adjacent to an activating group) is 1. The zero-order chi connectivity index (χ0) is 18.9. The predicted octanol–water partition coefficient (Wildman–Crippen LogP) is 1.64. The number of rotatable bonds is 9. The van der Waals surface area contributed by atoms with Gasteiger partial charge in [-0.15, -0.1) is 0 Å². The van der Waals surface area contributed by atoms with Crippen LogP contribution in [0.2, 0.25) is 0 Å². The Morgan fingerprint density at radius 1 is 1.15 bits per heavy atom. The van der Waals surface area contributed by atoms with Crippen molar-refractivity contribution >= 4 is 5.91 Å². The van der Waals surface area contributed by atoms with Crippen LogP contribution in [0.3, 0.4) is 0 Å². The normalized spacial score (nSPS) is 16.9. The van der Waals surface area contributed by atoms with Crippen molar-refractivity contribution < 1.29 is 14.3 Å². The molecule has 1 atom stereocenters. The standard InChI is InChI=1S/C20H33N3O3/c1-5-22-8-10-23(11-9-22)15-16(2)14-21-20(24)13-17-12-18(25-3)6-7-19(17)26-4/h6-7,12,16H,5,8-11,13-15H2,1-4H3,(H,21,24). The SMILES string of the molecule is CCN1CCN(CC(C)CNC(=O)Cc2cc(OC)ccc2OC)CC1. The molecule has 146 valence electrons. The van der Waals surface area contributed by atoms with E-state index in [-0.39, 0.29) is 5.91 Å². The van der Waals surface area contributed by atoms with E-state index in [1.165, 1.54) is 0 Å². The van der Waals surface area contributed by atoms with Gasteiger partial charge in [0.05, 0.1) is 20.6 Å². The number of methoxy groups -OCH3 is 2. The maximum Gasteiger partial charge on any atom is 0.224 e. The van der Waals surface area contributed by atoms with Crippen LogP contribution in [0.1, 0.15) is 19.4 Å². The van der Waals surface area contributed by atoms with Gasteiger partial charge in [0.25, 0.3) is 0 Å². The second kappa shape index (κ2) is 10.4. The van der Waals surface area contributed by atoms with Crippen LogP contribution in [0.5, 0.6) is 11.5 Å². The van der Waals surface area contributed by atoms with Crippen LogP contribution in [0.4, 0.5) is 0 Å². The van der Waals surface area contributed by atoms with Crippen LogP contribution in [0.25, 0.3) is 0 Å². The van der Waals surface area contributed by atoms with E-state index in [2.05, 4.69) is 29.0 Å². The summed E-state index contributed by atoms with van der Waals surface area (Å²) in [7, 11) is 3.23. The fraction of sp³-hybridized carbons (Fsp3) is 0.650. The van der Waals surface area contributed by atoms with E-state index in [4.69, 9.17) is 9.47 Å². The van der Waals surface area contributed by atoms with E-state index in [9.17, 15) is 4.79 Å². The van der Waals surface area contributed by atoms with Gasteiger partial charge in [-0.2, -0.15) is 0 Å². The molecule has 0 spiro atoms. The van der Waals surface area contributed by atoms with E-state index in [1.807, 2.05) is 18.2 Å². The van der Waals surface area contributed by atoms with E-state index in [0.717, 1.165) is 50.6 Å². The number of nitrogens with one attached hydrogen (secondary N) is 1. The molecule has 1 amide bonds. The van der Waals surface area contributed by atoms with Gasteiger partial charge in [-0.3, -0.25) is 4.79 Å². The van der Waals surface area contributed by atoms with Gasteiger partial charge in [0, 0.05) is 44.8 Å². The van der Waals surface area contributed by atoms with Crippen molar-refractivity contribution in [2.45, 2.75) is 20.3 Å². The number of carbonyl (C=O) groups excluding carboxylic acids is 1. The van der Waals surface area contributed by atoms with Crippen molar-refractivity contribution in [1.29, 1.82) is 0 Å². The highest BCUT2D eigenvalue weighted by atomic mass is 16.5. The number of ether oxygens (including phenoxy) is 2. The zero-order valence-corrected chi connectivity index (χ0v) is 16.6. The van der Waals surface area contributed by atoms with Crippen LogP contribution in [0, 0.1) is 5.92 Å². The second-order valence-electron chi connectivity index (χ2n) is 7.00. The quantitative estimate of drug-likeness (QED) is 0.723. The molecule has 6 nitrogen and oxygen atoms in total. The third-order valence-electron chi connectivity index (χ3n) is 4.97. The van der Waals surface area contributed by atoms with Crippen LogP contribution >= 0.6 is 0 Å². The van der Waals surface area contributed by atoms with Gasteiger partial charge in [0.1, 0.15) is 11.5 Å². The Bertz CT molecular complexity index is 571. The molecule has 1 N–H and O–H groups in total. The third kappa shape index (κ3) is 6.18. The largest absolute Gasteiger partial charge is 0.497 e. The summed E-state index contributed by atoms with van der Waals surface area (Å²) in [6, 6.07) is 5.52. The van der Waals surface area contributed by atoms with E-state index >= 15 is 0 Å². The Hall–Kier alpha value is -1.79. The lowest BCUT2D eigenvalue weighted by atomic mass is 10.1. The maximum atomic E-state index is 12.3. The van der Waals surface area contributed by atoms with Gasteiger partial charge in [-0.1, -0.05) is 13.8 Å². The lowest BCUT2D eigenvalue weighted by Crippen LogP contribution is -2.48. The van der Waals surface area contributed by atoms with Crippen molar-refractivity contribution in [3.8, 4) is 11.5 Å². The molecule has 2 rings (SSSR count). The van der Waals surface area contributed by atoms with Gasteiger partial charge in [-0.05, 0) is 30.7 Å². The summed E-state index contributed by atoms with van der Waals surface area (Å²) in [5, 5.41) is 3.06. The van der Waals surface area contributed by atoms with Crippen molar-refractivity contribution in [2.24, 2.45) is 5.92 Å². The predicted molar refractivity (Wildman–Crippen MR) is 104 cm³/mol. The minimum absolute atomic E-state index is 0.0132. The highest BCUT2D eigenvalue weighted by Crippen LogP contribution is 2.24. The highest BCUT2D eigenvalue weighted by Gasteiger charge is 2.18. The Labute approximate surface area is 157 Å². The van der Waals surface area contributed by atoms with Crippen molar-refractivity contribution in [3.05, 3.63) is 23.8 Å². The first kappa shape index (κ1) is 20.5. The fourth-order valence-corrected chi connectivity index (χ4v) is 3.34. The summed E-state index contributed by atoms with van der Waals surface area (Å²) in [4.78, 5) is 17.3. The molecule has 0 saturated carbocycles. The monoisotopic (exact) mass is 363 g/mol.